The van der Waals surface area contributed by atoms with Gasteiger partial charge in [-0.15, -0.1) is 0 Å². The Morgan fingerprint density at radius 1 is 1.24 bits per heavy atom. The van der Waals surface area contributed by atoms with E-state index in [-0.39, 0.29) is 17.9 Å². The summed E-state index contributed by atoms with van der Waals surface area (Å²) in [6, 6.07) is 12.6. The molecular weight excluding hydrogens is 265 g/mol. The second-order valence-corrected chi connectivity index (χ2v) is 5.77. The van der Waals surface area contributed by atoms with E-state index in [1.807, 2.05) is 25.1 Å². The number of phenolic OH excluding ortho intramolecular Hbond substituents is 1. The second kappa shape index (κ2) is 5.86. The number of phenols is 1. The zero-order chi connectivity index (χ0) is 14.8. The molecule has 0 amide bonds. The van der Waals surface area contributed by atoms with Gasteiger partial charge in [0.2, 0.25) is 0 Å². The summed E-state index contributed by atoms with van der Waals surface area (Å²) in [7, 11) is 0. The number of fused-ring (bicyclic) bond motifs is 1. The van der Waals surface area contributed by atoms with Gasteiger partial charge in [0.1, 0.15) is 11.6 Å². The van der Waals surface area contributed by atoms with Crippen molar-refractivity contribution in [2.45, 2.75) is 38.3 Å². The quantitative estimate of drug-likeness (QED) is 0.883. The molecule has 0 saturated heterocycles. The lowest BCUT2D eigenvalue weighted by molar-refractivity contribution is 0.410. The van der Waals surface area contributed by atoms with E-state index in [2.05, 4.69) is 5.32 Å². The summed E-state index contributed by atoms with van der Waals surface area (Å²) in [5.41, 5.74) is 3.41. The minimum atomic E-state index is -0.206. The molecule has 3 heteroatoms. The number of nitrogens with one attached hydrogen (secondary N) is 1. The standard InChI is InChI=1S/C18H20FNO/c1-12(14-5-2-6-15(19)10-14)20-18-7-3-4-13-8-9-16(21)11-17(13)18/h2,5-6,8-12,18,20-21H,3-4,7H2,1H3. The van der Waals surface area contributed by atoms with Gasteiger partial charge in [0.05, 0.1) is 0 Å². The monoisotopic (exact) mass is 285 g/mol. The molecule has 0 radical (unpaired) electrons. The Balaban J connectivity index is 1.81. The summed E-state index contributed by atoms with van der Waals surface area (Å²) in [5, 5.41) is 13.3. The van der Waals surface area contributed by atoms with E-state index in [9.17, 15) is 9.50 Å². The molecule has 1 aliphatic rings. The predicted molar refractivity (Wildman–Crippen MR) is 81.7 cm³/mol. The number of hydrogen-bond acceptors (Lipinski definition) is 2. The normalized spacial score (nSPS) is 19.0. The molecule has 0 spiro atoms. The van der Waals surface area contributed by atoms with E-state index in [0.717, 1.165) is 24.8 Å². The van der Waals surface area contributed by atoms with Gasteiger partial charge >= 0.3 is 0 Å². The summed E-state index contributed by atoms with van der Waals surface area (Å²) in [5.74, 6) is 0.101. The molecule has 0 aliphatic heterocycles. The predicted octanol–water partition coefficient (Wildman–Crippen LogP) is 4.26. The minimum absolute atomic E-state index is 0.0685. The second-order valence-electron chi connectivity index (χ2n) is 5.77. The Kier molecular flexibility index (Phi) is 3.93. The van der Waals surface area contributed by atoms with Crippen LogP contribution in [0.15, 0.2) is 42.5 Å². The van der Waals surface area contributed by atoms with E-state index in [1.54, 1.807) is 18.2 Å². The molecule has 21 heavy (non-hydrogen) atoms. The fourth-order valence-corrected chi connectivity index (χ4v) is 3.13. The molecule has 2 unspecified atom stereocenters. The van der Waals surface area contributed by atoms with Crippen molar-refractivity contribution in [3.05, 3.63) is 65.0 Å². The highest BCUT2D eigenvalue weighted by atomic mass is 19.1. The van der Waals surface area contributed by atoms with Crippen LogP contribution < -0.4 is 5.32 Å². The van der Waals surface area contributed by atoms with E-state index in [1.165, 1.54) is 17.2 Å². The molecule has 2 nitrogen and oxygen atoms in total. The van der Waals surface area contributed by atoms with Gasteiger partial charge in [0.15, 0.2) is 0 Å². The molecule has 0 aromatic heterocycles. The first-order valence-corrected chi connectivity index (χ1v) is 7.47. The molecule has 2 aromatic rings. The van der Waals surface area contributed by atoms with Crippen LogP contribution in [0.3, 0.4) is 0 Å². The lowest BCUT2D eigenvalue weighted by atomic mass is 9.87. The summed E-state index contributed by atoms with van der Waals surface area (Å²) < 4.78 is 13.3. The maximum absolute atomic E-state index is 13.3. The first kappa shape index (κ1) is 14.1. The van der Waals surface area contributed by atoms with Crippen LogP contribution in [0.25, 0.3) is 0 Å². The summed E-state index contributed by atoms with van der Waals surface area (Å²) in [4.78, 5) is 0. The molecule has 0 bridgehead atoms. The Morgan fingerprint density at radius 2 is 2.10 bits per heavy atom. The molecule has 2 atom stereocenters. The van der Waals surface area contributed by atoms with Gasteiger partial charge < -0.3 is 10.4 Å². The van der Waals surface area contributed by atoms with Crippen LogP contribution in [0.1, 0.15) is 48.5 Å². The smallest absolute Gasteiger partial charge is 0.123 e. The Morgan fingerprint density at radius 3 is 2.90 bits per heavy atom. The SMILES string of the molecule is CC(NC1CCCc2ccc(O)cc21)c1cccc(F)c1. The first-order valence-electron chi connectivity index (χ1n) is 7.47. The molecule has 0 heterocycles. The van der Waals surface area contributed by atoms with Gasteiger partial charge in [-0.05, 0) is 67.1 Å². The average Bonchev–Trinajstić information content (AvgIpc) is 2.48. The molecule has 0 saturated carbocycles. The van der Waals surface area contributed by atoms with E-state index < -0.39 is 0 Å². The van der Waals surface area contributed by atoms with E-state index in [0.29, 0.717) is 5.75 Å². The number of halogens is 1. The molecular formula is C18H20FNO. The molecule has 0 fully saturated rings. The number of rotatable bonds is 3. The third kappa shape index (κ3) is 3.08. The van der Waals surface area contributed by atoms with Gasteiger partial charge in [0, 0.05) is 12.1 Å². The van der Waals surface area contributed by atoms with Gasteiger partial charge in [0.25, 0.3) is 0 Å². The Labute approximate surface area is 124 Å². The highest BCUT2D eigenvalue weighted by Gasteiger charge is 2.22. The number of aryl methyl sites for hydroxylation is 1. The molecule has 1 aliphatic carbocycles. The zero-order valence-electron chi connectivity index (χ0n) is 12.1. The van der Waals surface area contributed by atoms with Crippen molar-refractivity contribution in [1.29, 1.82) is 0 Å². The van der Waals surface area contributed by atoms with Crippen molar-refractivity contribution in [3.63, 3.8) is 0 Å². The van der Waals surface area contributed by atoms with Gasteiger partial charge in [-0.25, -0.2) is 4.39 Å². The van der Waals surface area contributed by atoms with Crippen molar-refractivity contribution < 1.29 is 9.50 Å². The van der Waals surface area contributed by atoms with Crippen molar-refractivity contribution >= 4 is 0 Å². The van der Waals surface area contributed by atoms with Crippen molar-refractivity contribution in [1.82, 2.24) is 5.32 Å². The fourth-order valence-electron chi connectivity index (χ4n) is 3.13. The van der Waals surface area contributed by atoms with Crippen molar-refractivity contribution in [2.75, 3.05) is 0 Å². The van der Waals surface area contributed by atoms with Crippen LogP contribution in [-0.2, 0) is 6.42 Å². The van der Waals surface area contributed by atoms with Gasteiger partial charge in [-0.3, -0.25) is 0 Å². The zero-order valence-corrected chi connectivity index (χ0v) is 12.1. The number of aromatic hydroxyl groups is 1. The average molecular weight is 285 g/mol. The lowest BCUT2D eigenvalue weighted by Gasteiger charge is -2.29. The van der Waals surface area contributed by atoms with Crippen LogP contribution in [0, 0.1) is 5.82 Å². The van der Waals surface area contributed by atoms with Crippen LogP contribution in [0.4, 0.5) is 4.39 Å². The highest BCUT2D eigenvalue weighted by molar-refractivity contribution is 5.38. The van der Waals surface area contributed by atoms with E-state index in [4.69, 9.17) is 0 Å². The number of benzene rings is 2. The van der Waals surface area contributed by atoms with Gasteiger partial charge in [-0.2, -0.15) is 0 Å². The Hall–Kier alpha value is -1.87. The van der Waals surface area contributed by atoms with Crippen LogP contribution >= 0.6 is 0 Å². The summed E-state index contributed by atoms with van der Waals surface area (Å²) in [6.45, 7) is 2.05. The van der Waals surface area contributed by atoms with E-state index >= 15 is 0 Å². The maximum atomic E-state index is 13.3. The minimum Gasteiger partial charge on any atom is -0.508 e. The molecule has 110 valence electrons. The molecule has 2 N–H and O–H groups in total. The van der Waals surface area contributed by atoms with Crippen LogP contribution in [0.2, 0.25) is 0 Å². The summed E-state index contributed by atoms with van der Waals surface area (Å²) in [6.07, 6.45) is 3.23. The van der Waals surface area contributed by atoms with Crippen LogP contribution in [-0.4, -0.2) is 5.11 Å². The largest absolute Gasteiger partial charge is 0.508 e. The van der Waals surface area contributed by atoms with Gasteiger partial charge in [-0.1, -0.05) is 18.2 Å². The highest BCUT2D eigenvalue weighted by Crippen LogP contribution is 2.33. The molecule has 3 rings (SSSR count). The first-order chi connectivity index (χ1) is 10.1. The van der Waals surface area contributed by atoms with Crippen molar-refractivity contribution in [2.24, 2.45) is 0 Å². The molecule has 2 aromatic carbocycles. The number of hydrogen-bond donors (Lipinski definition) is 2. The maximum Gasteiger partial charge on any atom is 0.123 e. The van der Waals surface area contributed by atoms with Crippen LogP contribution in [0.5, 0.6) is 5.75 Å². The van der Waals surface area contributed by atoms with Crippen molar-refractivity contribution in [3.8, 4) is 5.75 Å². The topological polar surface area (TPSA) is 32.3 Å². The Bertz CT molecular complexity index is 641. The fraction of sp³-hybridized carbons (Fsp3) is 0.333. The third-order valence-electron chi connectivity index (χ3n) is 4.24. The lowest BCUT2D eigenvalue weighted by Crippen LogP contribution is -2.27. The summed E-state index contributed by atoms with van der Waals surface area (Å²) >= 11 is 0. The third-order valence-corrected chi connectivity index (χ3v) is 4.24.